The highest BCUT2D eigenvalue weighted by atomic mass is 32.1. The minimum absolute atomic E-state index is 0.283. The summed E-state index contributed by atoms with van der Waals surface area (Å²) in [5, 5.41) is 14.9. The van der Waals surface area contributed by atoms with Crippen LogP contribution in [0.15, 0.2) is 5.38 Å². The van der Waals surface area contributed by atoms with Gasteiger partial charge in [0.15, 0.2) is 0 Å². The number of thiazole rings is 1. The third-order valence-corrected chi connectivity index (χ3v) is 3.04. The molecule has 0 amide bonds. The van der Waals surface area contributed by atoms with Crippen molar-refractivity contribution in [3.63, 3.8) is 0 Å². The summed E-state index contributed by atoms with van der Waals surface area (Å²) in [7, 11) is 0. The maximum atomic E-state index is 10.3. The number of carboxylic acid groups (broad SMARTS) is 1. The molecule has 1 aromatic rings. The Morgan fingerprint density at radius 3 is 2.94 bits per heavy atom. The molecule has 1 heterocycles. The van der Waals surface area contributed by atoms with Crippen molar-refractivity contribution in [1.29, 1.82) is 0 Å². The summed E-state index contributed by atoms with van der Waals surface area (Å²) >= 11 is 1.66. The second-order valence-corrected chi connectivity index (χ2v) is 4.80. The van der Waals surface area contributed by atoms with Gasteiger partial charge in [0, 0.05) is 18.3 Å². The van der Waals surface area contributed by atoms with Crippen LogP contribution in [0.2, 0.25) is 0 Å². The first-order valence-corrected chi connectivity index (χ1v) is 6.40. The van der Waals surface area contributed by atoms with Gasteiger partial charge in [0.2, 0.25) is 0 Å². The van der Waals surface area contributed by atoms with Crippen LogP contribution in [0.25, 0.3) is 0 Å². The lowest BCUT2D eigenvalue weighted by molar-refractivity contribution is -0.137. The quantitative estimate of drug-likeness (QED) is 0.686. The van der Waals surface area contributed by atoms with Gasteiger partial charge in [0.1, 0.15) is 0 Å². The lowest BCUT2D eigenvalue weighted by Crippen LogP contribution is -2.14. The predicted octanol–water partition coefficient (Wildman–Crippen LogP) is 2.19. The van der Waals surface area contributed by atoms with Crippen LogP contribution in [0.1, 0.15) is 36.4 Å². The second-order valence-electron chi connectivity index (χ2n) is 3.74. The third kappa shape index (κ3) is 5.82. The summed E-state index contributed by atoms with van der Waals surface area (Å²) in [4.78, 5) is 14.6. The van der Waals surface area contributed by atoms with Gasteiger partial charge >= 0.3 is 5.97 Å². The Hall–Kier alpha value is -0.940. The Labute approximate surface area is 99.7 Å². The summed E-state index contributed by atoms with van der Waals surface area (Å²) < 4.78 is 0. The van der Waals surface area contributed by atoms with E-state index in [1.807, 2.05) is 6.92 Å². The van der Waals surface area contributed by atoms with E-state index in [9.17, 15) is 4.79 Å². The molecule has 4 nitrogen and oxygen atoms in total. The lowest BCUT2D eigenvalue weighted by atomic mass is 10.2. The molecule has 0 unspecified atom stereocenters. The molecule has 0 fully saturated rings. The Morgan fingerprint density at radius 2 is 2.31 bits per heavy atom. The van der Waals surface area contributed by atoms with Gasteiger partial charge in [-0.15, -0.1) is 11.3 Å². The molecule has 0 aromatic carbocycles. The summed E-state index contributed by atoms with van der Waals surface area (Å²) in [6.07, 6.45) is 3.05. The molecule has 0 aliphatic rings. The monoisotopic (exact) mass is 242 g/mol. The Bertz CT molecular complexity index is 326. The van der Waals surface area contributed by atoms with Crippen LogP contribution >= 0.6 is 11.3 Å². The molecule has 0 aliphatic heterocycles. The molecule has 0 spiro atoms. The number of aliphatic carboxylic acids is 1. The number of hydrogen-bond donors (Lipinski definition) is 2. The standard InChI is InChI=1S/C11H18N2O2S/c1-9-13-10(8-16-9)7-12-6-4-2-3-5-11(14)15/h8,12H,2-7H2,1H3,(H,14,15). The molecule has 0 saturated carbocycles. The lowest BCUT2D eigenvalue weighted by Gasteiger charge is -2.01. The van der Waals surface area contributed by atoms with Crippen LogP contribution in [0.3, 0.4) is 0 Å². The zero-order valence-electron chi connectivity index (χ0n) is 9.53. The van der Waals surface area contributed by atoms with Crippen molar-refractivity contribution in [2.24, 2.45) is 0 Å². The van der Waals surface area contributed by atoms with E-state index >= 15 is 0 Å². The first-order valence-electron chi connectivity index (χ1n) is 5.52. The molecule has 16 heavy (non-hydrogen) atoms. The van der Waals surface area contributed by atoms with Crippen LogP contribution in [-0.2, 0) is 11.3 Å². The highest BCUT2D eigenvalue weighted by molar-refractivity contribution is 7.09. The number of unbranched alkanes of at least 4 members (excludes halogenated alkanes) is 2. The van der Waals surface area contributed by atoms with Crippen LogP contribution < -0.4 is 5.32 Å². The minimum Gasteiger partial charge on any atom is -0.481 e. The first-order chi connectivity index (χ1) is 7.68. The molecule has 0 atom stereocenters. The van der Waals surface area contributed by atoms with Crippen molar-refractivity contribution in [1.82, 2.24) is 10.3 Å². The van der Waals surface area contributed by atoms with Crippen LogP contribution in [0.4, 0.5) is 0 Å². The average Bonchev–Trinajstić information content (AvgIpc) is 2.62. The molecule has 90 valence electrons. The van der Waals surface area contributed by atoms with E-state index in [4.69, 9.17) is 5.11 Å². The van der Waals surface area contributed by atoms with Crippen LogP contribution in [-0.4, -0.2) is 22.6 Å². The smallest absolute Gasteiger partial charge is 0.303 e. The van der Waals surface area contributed by atoms with E-state index in [-0.39, 0.29) is 6.42 Å². The number of aryl methyl sites for hydroxylation is 1. The normalized spacial score (nSPS) is 10.6. The fourth-order valence-electron chi connectivity index (χ4n) is 1.41. The van der Waals surface area contributed by atoms with E-state index in [0.29, 0.717) is 0 Å². The van der Waals surface area contributed by atoms with Crippen molar-refractivity contribution in [3.8, 4) is 0 Å². The highest BCUT2D eigenvalue weighted by Crippen LogP contribution is 2.07. The number of nitrogens with one attached hydrogen (secondary N) is 1. The van der Waals surface area contributed by atoms with E-state index in [1.54, 1.807) is 11.3 Å². The Kier molecular flexibility index (Phi) is 6.03. The van der Waals surface area contributed by atoms with Crippen LogP contribution in [0, 0.1) is 6.92 Å². The number of carboxylic acids is 1. The van der Waals surface area contributed by atoms with E-state index in [0.717, 1.165) is 43.1 Å². The second kappa shape index (κ2) is 7.35. The van der Waals surface area contributed by atoms with Gasteiger partial charge in [-0.05, 0) is 26.3 Å². The van der Waals surface area contributed by atoms with E-state index in [2.05, 4.69) is 15.7 Å². The number of hydrogen-bond acceptors (Lipinski definition) is 4. The highest BCUT2D eigenvalue weighted by Gasteiger charge is 1.98. The fourth-order valence-corrected chi connectivity index (χ4v) is 2.02. The summed E-state index contributed by atoms with van der Waals surface area (Å²) in [5.41, 5.74) is 1.09. The first kappa shape index (κ1) is 13.1. The molecule has 0 radical (unpaired) electrons. The molecule has 2 N–H and O–H groups in total. The number of nitrogens with zero attached hydrogens (tertiary/aromatic N) is 1. The van der Waals surface area contributed by atoms with Gasteiger partial charge < -0.3 is 10.4 Å². The van der Waals surface area contributed by atoms with Gasteiger partial charge in [0.25, 0.3) is 0 Å². The van der Waals surface area contributed by atoms with Gasteiger partial charge in [-0.1, -0.05) is 6.42 Å². The largest absolute Gasteiger partial charge is 0.481 e. The zero-order chi connectivity index (χ0) is 11.8. The van der Waals surface area contributed by atoms with Crippen molar-refractivity contribution >= 4 is 17.3 Å². The maximum Gasteiger partial charge on any atom is 0.303 e. The van der Waals surface area contributed by atoms with Crippen molar-refractivity contribution in [2.45, 2.75) is 39.2 Å². The number of carbonyl (C=O) groups is 1. The summed E-state index contributed by atoms with van der Waals surface area (Å²) in [6.45, 7) is 3.74. The minimum atomic E-state index is -0.703. The molecular formula is C11H18N2O2S. The molecule has 5 heteroatoms. The van der Waals surface area contributed by atoms with Crippen molar-refractivity contribution in [2.75, 3.05) is 6.54 Å². The van der Waals surface area contributed by atoms with Gasteiger partial charge in [0.05, 0.1) is 10.7 Å². The third-order valence-electron chi connectivity index (χ3n) is 2.22. The molecule has 0 saturated heterocycles. The molecule has 0 bridgehead atoms. The number of rotatable bonds is 8. The van der Waals surface area contributed by atoms with Crippen molar-refractivity contribution in [3.05, 3.63) is 16.1 Å². The molecule has 1 rings (SSSR count). The van der Waals surface area contributed by atoms with Gasteiger partial charge in [-0.2, -0.15) is 0 Å². The SMILES string of the molecule is Cc1nc(CNCCCCCC(=O)O)cs1. The summed E-state index contributed by atoms with van der Waals surface area (Å²) in [5.74, 6) is -0.703. The molecule has 0 aliphatic carbocycles. The van der Waals surface area contributed by atoms with Crippen molar-refractivity contribution < 1.29 is 9.90 Å². The fraction of sp³-hybridized carbons (Fsp3) is 0.636. The summed E-state index contributed by atoms with van der Waals surface area (Å²) in [6, 6.07) is 0. The zero-order valence-corrected chi connectivity index (χ0v) is 10.3. The predicted molar refractivity (Wildman–Crippen MR) is 64.7 cm³/mol. The maximum absolute atomic E-state index is 10.3. The number of aromatic nitrogens is 1. The van der Waals surface area contributed by atoms with E-state index < -0.39 is 5.97 Å². The topological polar surface area (TPSA) is 62.2 Å². The molecular weight excluding hydrogens is 224 g/mol. The molecule has 1 aromatic heterocycles. The van der Waals surface area contributed by atoms with E-state index in [1.165, 1.54) is 0 Å². The van der Waals surface area contributed by atoms with Gasteiger partial charge in [-0.3, -0.25) is 4.79 Å². The van der Waals surface area contributed by atoms with Crippen LogP contribution in [0.5, 0.6) is 0 Å². The Morgan fingerprint density at radius 1 is 1.50 bits per heavy atom. The Balaban J connectivity index is 1.94. The van der Waals surface area contributed by atoms with Gasteiger partial charge in [-0.25, -0.2) is 4.98 Å². The average molecular weight is 242 g/mol.